The molecule has 0 amide bonds. The Morgan fingerprint density at radius 2 is 2.00 bits per heavy atom. The Morgan fingerprint density at radius 3 is 2.60 bits per heavy atom. The van der Waals surface area contributed by atoms with E-state index >= 15 is 0 Å². The van der Waals surface area contributed by atoms with E-state index in [0.717, 1.165) is 31.7 Å². The summed E-state index contributed by atoms with van der Waals surface area (Å²) < 4.78 is 39.9. The lowest BCUT2D eigenvalue weighted by molar-refractivity contribution is 0.281. The average molecular weight is 324 g/mol. The molecule has 1 rings (SSSR count). The SMILES string of the molecule is CCCCCCNS(=O)(=O)c1cc(F)c(Cl)c(CO)c1. The summed E-state index contributed by atoms with van der Waals surface area (Å²) in [6.45, 7) is 1.85. The Hall–Kier alpha value is -0.690. The number of aliphatic hydroxyl groups is 1. The van der Waals surface area contributed by atoms with Crippen LogP contribution >= 0.6 is 11.6 Å². The van der Waals surface area contributed by atoms with E-state index in [2.05, 4.69) is 11.6 Å². The maximum atomic E-state index is 13.5. The van der Waals surface area contributed by atoms with Gasteiger partial charge in [0, 0.05) is 12.1 Å². The maximum absolute atomic E-state index is 13.5. The van der Waals surface area contributed by atoms with Crippen molar-refractivity contribution in [2.45, 2.75) is 44.1 Å². The molecule has 0 heterocycles. The molecular formula is C13H19ClFNO3S. The summed E-state index contributed by atoms with van der Waals surface area (Å²) in [5, 5.41) is 8.78. The Balaban J connectivity index is 2.80. The van der Waals surface area contributed by atoms with Crippen LogP contribution in [0, 0.1) is 5.82 Å². The van der Waals surface area contributed by atoms with Crippen molar-refractivity contribution in [2.75, 3.05) is 6.54 Å². The zero-order valence-corrected chi connectivity index (χ0v) is 12.9. The third-order valence-corrected chi connectivity index (χ3v) is 4.74. The molecule has 0 spiro atoms. The first-order valence-corrected chi connectivity index (χ1v) is 8.37. The van der Waals surface area contributed by atoms with Gasteiger partial charge in [0.15, 0.2) is 0 Å². The smallest absolute Gasteiger partial charge is 0.240 e. The van der Waals surface area contributed by atoms with E-state index in [1.54, 1.807) is 0 Å². The molecule has 0 atom stereocenters. The molecule has 114 valence electrons. The molecule has 2 N–H and O–H groups in total. The molecule has 0 saturated heterocycles. The molecule has 0 aliphatic rings. The average Bonchev–Trinajstić information content (AvgIpc) is 2.41. The van der Waals surface area contributed by atoms with Crippen LogP contribution in [0.4, 0.5) is 4.39 Å². The van der Waals surface area contributed by atoms with Crippen LogP contribution < -0.4 is 4.72 Å². The fourth-order valence-corrected chi connectivity index (χ4v) is 3.03. The summed E-state index contributed by atoms with van der Waals surface area (Å²) in [6, 6.07) is 2.04. The highest BCUT2D eigenvalue weighted by Gasteiger charge is 2.18. The van der Waals surface area contributed by atoms with Crippen LogP contribution in [-0.2, 0) is 16.6 Å². The van der Waals surface area contributed by atoms with E-state index in [-0.39, 0.29) is 15.5 Å². The van der Waals surface area contributed by atoms with Gasteiger partial charge in [-0.05, 0) is 18.6 Å². The van der Waals surface area contributed by atoms with Crippen molar-refractivity contribution in [1.82, 2.24) is 4.72 Å². The lowest BCUT2D eigenvalue weighted by atomic mass is 10.2. The number of halogens is 2. The predicted octanol–water partition coefficient (Wildman–Crippen LogP) is 2.83. The van der Waals surface area contributed by atoms with E-state index < -0.39 is 22.4 Å². The van der Waals surface area contributed by atoms with Gasteiger partial charge in [-0.2, -0.15) is 0 Å². The number of rotatable bonds is 8. The second-order valence-electron chi connectivity index (χ2n) is 4.49. The van der Waals surface area contributed by atoms with Gasteiger partial charge in [-0.3, -0.25) is 0 Å². The summed E-state index contributed by atoms with van der Waals surface area (Å²) in [5.41, 5.74) is 0.0537. The Labute approximate surface area is 124 Å². The fourth-order valence-electron chi connectivity index (χ4n) is 1.73. The van der Waals surface area contributed by atoms with E-state index in [1.165, 1.54) is 6.07 Å². The first kappa shape index (κ1) is 17.4. The molecule has 20 heavy (non-hydrogen) atoms. The van der Waals surface area contributed by atoms with Crippen LogP contribution in [0.1, 0.15) is 38.2 Å². The van der Waals surface area contributed by atoms with Crippen LogP contribution in [0.2, 0.25) is 5.02 Å². The molecule has 0 radical (unpaired) electrons. The third kappa shape index (κ3) is 4.70. The van der Waals surface area contributed by atoms with Gasteiger partial charge >= 0.3 is 0 Å². The van der Waals surface area contributed by atoms with Crippen molar-refractivity contribution in [2.24, 2.45) is 0 Å². The number of aliphatic hydroxyl groups excluding tert-OH is 1. The summed E-state index contributed by atoms with van der Waals surface area (Å²) in [7, 11) is -3.78. The minimum atomic E-state index is -3.78. The molecule has 0 fully saturated rings. The monoisotopic (exact) mass is 323 g/mol. The van der Waals surface area contributed by atoms with Gasteiger partial charge in [0.05, 0.1) is 16.5 Å². The molecule has 0 aliphatic carbocycles. The van der Waals surface area contributed by atoms with Gasteiger partial charge in [0.25, 0.3) is 0 Å². The van der Waals surface area contributed by atoms with E-state index in [1.807, 2.05) is 0 Å². The summed E-state index contributed by atoms with van der Waals surface area (Å²) in [4.78, 5) is -0.223. The third-order valence-electron chi connectivity index (χ3n) is 2.88. The number of benzene rings is 1. The summed E-state index contributed by atoms with van der Waals surface area (Å²) >= 11 is 5.63. The standard InChI is InChI=1S/C13H19ClFNO3S/c1-2-3-4-5-6-16-20(18,19)11-7-10(9-17)13(14)12(15)8-11/h7-8,16-17H,2-6,9H2,1H3. The van der Waals surface area contributed by atoms with Crippen molar-refractivity contribution in [3.05, 3.63) is 28.5 Å². The molecule has 7 heteroatoms. The molecule has 0 unspecified atom stereocenters. The number of nitrogens with one attached hydrogen (secondary N) is 1. The highest BCUT2D eigenvalue weighted by atomic mass is 35.5. The summed E-state index contributed by atoms with van der Waals surface area (Å²) in [5.74, 6) is -0.857. The van der Waals surface area contributed by atoms with Gasteiger partial charge in [-0.1, -0.05) is 37.8 Å². The van der Waals surface area contributed by atoms with E-state index in [9.17, 15) is 12.8 Å². The molecule has 0 aliphatic heterocycles. The van der Waals surface area contributed by atoms with Crippen LogP contribution in [0.5, 0.6) is 0 Å². The van der Waals surface area contributed by atoms with Crippen molar-refractivity contribution in [1.29, 1.82) is 0 Å². The molecule has 4 nitrogen and oxygen atoms in total. The minimum Gasteiger partial charge on any atom is -0.392 e. The van der Waals surface area contributed by atoms with Gasteiger partial charge in [-0.25, -0.2) is 17.5 Å². The highest BCUT2D eigenvalue weighted by molar-refractivity contribution is 7.89. The normalized spacial score (nSPS) is 11.8. The van der Waals surface area contributed by atoms with Crippen LogP contribution in [0.15, 0.2) is 17.0 Å². The molecule has 0 saturated carbocycles. The number of unbranched alkanes of at least 4 members (excludes halogenated alkanes) is 3. The first-order chi connectivity index (χ1) is 9.42. The topological polar surface area (TPSA) is 66.4 Å². The maximum Gasteiger partial charge on any atom is 0.240 e. The van der Waals surface area contributed by atoms with E-state index in [4.69, 9.17) is 16.7 Å². The quantitative estimate of drug-likeness (QED) is 0.723. The zero-order valence-electron chi connectivity index (χ0n) is 11.3. The molecule has 1 aromatic rings. The zero-order chi connectivity index (χ0) is 15.2. The Kier molecular flexibility index (Phi) is 6.88. The fraction of sp³-hybridized carbons (Fsp3) is 0.538. The number of hydrogen-bond acceptors (Lipinski definition) is 3. The largest absolute Gasteiger partial charge is 0.392 e. The Morgan fingerprint density at radius 1 is 1.30 bits per heavy atom. The first-order valence-electron chi connectivity index (χ1n) is 6.50. The summed E-state index contributed by atoms with van der Waals surface area (Å²) in [6.07, 6.45) is 3.78. The van der Waals surface area contributed by atoms with Crippen molar-refractivity contribution < 1.29 is 17.9 Å². The van der Waals surface area contributed by atoms with Gasteiger partial charge in [0.2, 0.25) is 10.0 Å². The molecule has 1 aromatic carbocycles. The molecule has 0 aromatic heterocycles. The van der Waals surface area contributed by atoms with Gasteiger partial charge in [0.1, 0.15) is 5.82 Å². The van der Waals surface area contributed by atoms with Gasteiger partial charge in [-0.15, -0.1) is 0 Å². The van der Waals surface area contributed by atoms with Crippen molar-refractivity contribution in [3.63, 3.8) is 0 Å². The molecular weight excluding hydrogens is 305 g/mol. The second-order valence-corrected chi connectivity index (χ2v) is 6.64. The second kappa shape index (κ2) is 7.93. The minimum absolute atomic E-state index is 0.0537. The predicted molar refractivity (Wildman–Crippen MR) is 76.7 cm³/mol. The van der Waals surface area contributed by atoms with Crippen LogP contribution in [0.25, 0.3) is 0 Å². The van der Waals surface area contributed by atoms with Gasteiger partial charge < -0.3 is 5.11 Å². The van der Waals surface area contributed by atoms with E-state index in [0.29, 0.717) is 6.54 Å². The lowest BCUT2D eigenvalue weighted by Gasteiger charge is -2.09. The van der Waals surface area contributed by atoms with Crippen molar-refractivity contribution >= 4 is 21.6 Å². The number of sulfonamides is 1. The molecule has 0 bridgehead atoms. The highest BCUT2D eigenvalue weighted by Crippen LogP contribution is 2.24. The van der Waals surface area contributed by atoms with Crippen LogP contribution in [0.3, 0.4) is 0 Å². The lowest BCUT2D eigenvalue weighted by Crippen LogP contribution is -2.25. The Bertz CT molecular complexity index is 549. The van der Waals surface area contributed by atoms with Crippen molar-refractivity contribution in [3.8, 4) is 0 Å². The van der Waals surface area contributed by atoms with Crippen LogP contribution in [-0.4, -0.2) is 20.1 Å². The number of hydrogen-bond donors (Lipinski definition) is 2.